The Morgan fingerprint density at radius 1 is 0.643 bits per heavy atom. The van der Waals surface area contributed by atoms with Gasteiger partial charge in [0, 0.05) is 11.8 Å². The number of carboxylic acid groups (broad SMARTS) is 2. The molecule has 0 spiro atoms. The molecule has 2 N–H and O–H groups in total. The number of hydrogen-bond donors (Lipinski definition) is 2. The van der Waals surface area contributed by atoms with Crippen LogP contribution in [-0.4, -0.2) is 54.1 Å². The van der Waals surface area contributed by atoms with Gasteiger partial charge in [0.05, 0.1) is 37.9 Å². The lowest BCUT2D eigenvalue weighted by Crippen LogP contribution is -2.42. The van der Waals surface area contributed by atoms with Crippen LogP contribution in [0.1, 0.15) is 38.5 Å². The summed E-state index contributed by atoms with van der Waals surface area (Å²) in [6, 6.07) is 0. The third-order valence-electron chi connectivity index (χ3n) is 6.15. The monoisotopic (exact) mass is 398 g/mol. The number of carbonyl (C=O) groups is 5. The first-order valence-corrected chi connectivity index (χ1v) is 9.36. The van der Waals surface area contributed by atoms with Crippen LogP contribution >= 0.6 is 0 Å². The van der Waals surface area contributed by atoms with Crippen LogP contribution in [0.5, 0.6) is 0 Å². The van der Waals surface area contributed by atoms with E-state index in [1.165, 1.54) is 14.2 Å². The van der Waals surface area contributed by atoms with Crippen LogP contribution in [0.25, 0.3) is 0 Å². The maximum Gasteiger partial charge on any atom is 0.309 e. The topological polar surface area (TPSA) is 144 Å². The van der Waals surface area contributed by atoms with Gasteiger partial charge in [-0.25, -0.2) is 0 Å². The van der Waals surface area contributed by atoms with Gasteiger partial charge >= 0.3 is 23.9 Å². The number of carboxylic acids is 2. The summed E-state index contributed by atoms with van der Waals surface area (Å²) in [7, 11) is 2.36. The van der Waals surface area contributed by atoms with Crippen molar-refractivity contribution in [1.29, 1.82) is 0 Å². The highest BCUT2D eigenvalue weighted by Crippen LogP contribution is 2.41. The maximum absolute atomic E-state index is 13.0. The second-order valence-corrected chi connectivity index (χ2v) is 7.57. The van der Waals surface area contributed by atoms with Gasteiger partial charge in [-0.15, -0.1) is 0 Å². The Morgan fingerprint density at radius 2 is 1.00 bits per heavy atom. The predicted octanol–water partition coefficient (Wildman–Crippen LogP) is 1.14. The van der Waals surface area contributed by atoms with E-state index in [9.17, 15) is 34.2 Å². The molecule has 9 heteroatoms. The number of ketones is 1. The molecule has 0 aliphatic heterocycles. The lowest BCUT2D eigenvalue weighted by molar-refractivity contribution is -0.161. The van der Waals surface area contributed by atoms with Gasteiger partial charge in [0.25, 0.3) is 0 Å². The molecule has 2 saturated carbocycles. The van der Waals surface area contributed by atoms with Gasteiger partial charge in [-0.2, -0.15) is 0 Å². The van der Waals surface area contributed by atoms with Gasteiger partial charge in [0.2, 0.25) is 0 Å². The predicted molar refractivity (Wildman–Crippen MR) is 93.0 cm³/mol. The number of Topliss-reactive ketones (excluding diaryl/α,β-unsaturated/α-hetero) is 1. The normalized spacial score (nSPS) is 32.8. The summed E-state index contributed by atoms with van der Waals surface area (Å²) in [5.74, 6) is -8.19. The van der Waals surface area contributed by atoms with Crippen molar-refractivity contribution in [3.05, 3.63) is 0 Å². The van der Waals surface area contributed by atoms with Crippen LogP contribution in [-0.2, 0) is 33.4 Å². The number of methoxy groups -OCH3 is 2. The zero-order valence-corrected chi connectivity index (χ0v) is 16.0. The van der Waals surface area contributed by atoms with Crippen molar-refractivity contribution in [1.82, 2.24) is 0 Å². The third-order valence-corrected chi connectivity index (χ3v) is 6.15. The summed E-state index contributed by atoms with van der Waals surface area (Å²) < 4.78 is 9.41. The van der Waals surface area contributed by atoms with E-state index in [0.29, 0.717) is 12.8 Å². The van der Waals surface area contributed by atoms with Crippen molar-refractivity contribution in [2.75, 3.05) is 14.2 Å². The van der Waals surface area contributed by atoms with Gasteiger partial charge in [0.15, 0.2) is 0 Å². The van der Waals surface area contributed by atoms with E-state index in [-0.39, 0.29) is 31.5 Å². The molecule has 0 aromatic heterocycles. The molecular formula is C19H26O9. The molecule has 0 amide bonds. The molecule has 0 bridgehead atoms. The van der Waals surface area contributed by atoms with Crippen LogP contribution in [0.2, 0.25) is 0 Å². The van der Waals surface area contributed by atoms with Crippen molar-refractivity contribution in [3.63, 3.8) is 0 Å². The molecular weight excluding hydrogens is 372 g/mol. The molecule has 0 aromatic rings. The molecule has 2 aliphatic carbocycles. The number of aliphatic carboxylic acids is 2. The standard InChI is InChI=1S/C19H26O9/c1-27-18(25)13-7-9(3-5-11(13)16(21)22)15(20)10-4-6-12(17(23)24)14(8-10)19(26)28-2/h9-14H,3-8H2,1-2H3,(H,21,22)(H,23,24). The van der Waals surface area contributed by atoms with Gasteiger partial charge < -0.3 is 19.7 Å². The Balaban J connectivity index is 2.12. The second-order valence-electron chi connectivity index (χ2n) is 7.57. The van der Waals surface area contributed by atoms with E-state index >= 15 is 0 Å². The molecule has 6 unspecified atom stereocenters. The summed E-state index contributed by atoms with van der Waals surface area (Å²) in [4.78, 5) is 59.9. The molecule has 0 radical (unpaired) electrons. The van der Waals surface area contributed by atoms with Crippen molar-refractivity contribution in [3.8, 4) is 0 Å². The van der Waals surface area contributed by atoms with Gasteiger partial charge in [-0.05, 0) is 38.5 Å². The van der Waals surface area contributed by atoms with Crippen molar-refractivity contribution in [2.24, 2.45) is 35.5 Å². The SMILES string of the molecule is COC(=O)C1CC(C(=O)C2CCC(C(=O)O)C(C(=O)OC)C2)CCC1C(=O)O. The van der Waals surface area contributed by atoms with Crippen molar-refractivity contribution in [2.45, 2.75) is 38.5 Å². The third kappa shape index (κ3) is 4.51. The molecule has 2 rings (SSSR count). The molecule has 0 heterocycles. The van der Waals surface area contributed by atoms with Gasteiger partial charge in [0.1, 0.15) is 5.78 Å². The fraction of sp³-hybridized carbons (Fsp3) is 0.737. The second kappa shape index (κ2) is 9.16. The molecule has 28 heavy (non-hydrogen) atoms. The molecule has 6 atom stereocenters. The summed E-state index contributed by atoms with van der Waals surface area (Å²) in [6.07, 6.45) is 1.23. The lowest BCUT2D eigenvalue weighted by atomic mass is 9.66. The largest absolute Gasteiger partial charge is 0.481 e. The minimum absolute atomic E-state index is 0.0875. The fourth-order valence-electron chi connectivity index (χ4n) is 4.61. The maximum atomic E-state index is 13.0. The lowest BCUT2D eigenvalue weighted by Gasteiger charge is -2.36. The van der Waals surface area contributed by atoms with Crippen molar-refractivity contribution < 1.29 is 43.7 Å². The van der Waals surface area contributed by atoms with E-state index in [4.69, 9.17) is 9.47 Å². The Hall–Kier alpha value is -2.45. The molecule has 9 nitrogen and oxygen atoms in total. The minimum Gasteiger partial charge on any atom is -0.481 e. The number of rotatable bonds is 6. The summed E-state index contributed by atoms with van der Waals surface area (Å²) >= 11 is 0. The summed E-state index contributed by atoms with van der Waals surface area (Å²) in [6.45, 7) is 0. The van der Waals surface area contributed by atoms with Gasteiger partial charge in [-0.1, -0.05) is 0 Å². The van der Waals surface area contributed by atoms with Crippen LogP contribution in [0.3, 0.4) is 0 Å². The summed E-state index contributed by atoms with van der Waals surface area (Å²) in [5, 5.41) is 18.7. The highest BCUT2D eigenvalue weighted by Gasteiger charge is 2.46. The van der Waals surface area contributed by atoms with E-state index in [1.54, 1.807) is 0 Å². The number of esters is 2. The Morgan fingerprint density at radius 3 is 1.29 bits per heavy atom. The molecule has 0 saturated heterocycles. The first kappa shape index (κ1) is 21.8. The van der Waals surface area contributed by atoms with Gasteiger partial charge in [-0.3, -0.25) is 24.0 Å². The summed E-state index contributed by atoms with van der Waals surface area (Å²) in [5.41, 5.74) is 0. The molecule has 156 valence electrons. The zero-order valence-electron chi connectivity index (χ0n) is 16.0. The minimum atomic E-state index is -1.09. The van der Waals surface area contributed by atoms with E-state index in [1.807, 2.05) is 0 Å². The molecule has 2 aliphatic rings. The number of carbonyl (C=O) groups excluding carboxylic acids is 3. The van der Waals surface area contributed by atoms with Crippen molar-refractivity contribution >= 4 is 29.7 Å². The average Bonchev–Trinajstić information content (AvgIpc) is 2.70. The van der Waals surface area contributed by atoms with E-state index < -0.39 is 59.4 Å². The molecule has 2 fully saturated rings. The smallest absolute Gasteiger partial charge is 0.309 e. The van der Waals surface area contributed by atoms with E-state index in [0.717, 1.165) is 0 Å². The Bertz CT molecular complexity index is 602. The molecule has 0 aromatic carbocycles. The Kier molecular flexibility index (Phi) is 7.15. The average molecular weight is 398 g/mol. The van der Waals surface area contributed by atoms with Crippen LogP contribution in [0.15, 0.2) is 0 Å². The fourth-order valence-corrected chi connectivity index (χ4v) is 4.61. The number of ether oxygens (including phenoxy) is 2. The quantitative estimate of drug-likeness (QED) is 0.629. The first-order chi connectivity index (χ1) is 13.2. The number of hydrogen-bond acceptors (Lipinski definition) is 7. The van der Waals surface area contributed by atoms with Crippen LogP contribution in [0.4, 0.5) is 0 Å². The first-order valence-electron chi connectivity index (χ1n) is 9.36. The zero-order chi connectivity index (χ0) is 21.0. The highest BCUT2D eigenvalue weighted by molar-refractivity contribution is 5.88. The Labute approximate surface area is 162 Å². The van der Waals surface area contributed by atoms with Crippen LogP contribution in [0, 0.1) is 35.5 Å². The van der Waals surface area contributed by atoms with E-state index in [2.05, 4.69) is 0 Å². The highest BCUT2D eigenvalue weighted by atomic mass is 16.5. The van der Waals surface area contributed by atoms with Crippen LogP contribution < -0.4 is 0 Å².